The first kappa shape index (κ1) is 8.99. The average Bonchev–Trinajstić information content (AvgIpc) is 2.78. The molecule has 0 saturated heterocycles. The molecule has 0 spiro atoms. The van der Waals surface area contributed by atoms with Crippen LogP contribution in [0.2, 0.25) is 0 Å². The van der Waals surface area contributed by atoms with Crippen LogP contribution in [0.1, 0.15) is 12.0 Å². The van der Waals surface area contributed by atoms with Crippen LogP contribution in [-0.4, -0.2) is 11.2 Å². The van der Waals surface area contributed by atoms with E-state index in [0.717, 1.165) is 18.5 Å². The molecule has 0 atom stereocenters. The maximum absolute atomic E-state index is 4.47. The molecule has 2 heteroatoms. The molecule has 0 unspecified atom stereocenters. The molecule has 0 radical (unpaired) electrons. The molecule has 3 aromatic rings. The zero-order chi connectivity index (χ0) is 11.2. The number of aromatic amines is 1. The van der Waals surface area contributed by atoms with Crippen molar-refractivity contribution in [2.24, 2.45) is 4.99 Å². The Morgan fingerprint density at radius 3 is 2.94 bits per heavy atom. The molecule has 2 nitrogen and oxygen atoms in total. The van der Waals surface area contributed by atoms with Crippen LogP contribution in [0.15, 0.2) is 41.4 Å². The highest BCUT2D eigenvalue weighted by atomic mass is 14.8. The highest BCUT2D eigenvalue weighted by Crippen LogP contribution is 2.34. The third-order valence-corrected chi connectivity index (χ3v) is 3.52. The van der Waals surface area contributed by atoms with E-state index in [1.165, 1.54) is 27.4 Å². The number of benzene rings is 2. The molecule has 0 saturated carbocycles. The highest BCUT2D eigenvalue weighted by Gasteiger charge is 2.13. The van der Waals surface area contributed by atoms with Crippen LogP contribution in [0.4, 0.5) is 5.69 Å². The molecule has 0 bridgehead atoms. The Labute approximate surface area is 99.0 Å². The normalized spacial score (nSPS) is 14.4. The van der Waals surface area contributed by atoms with Gasteiger partial charge in [0.1, 0.15) is 0 Å². The fourth-order valence-electron chi connectivity index (χ4n) is 2.71. The number of nitrogens with zero attached hydrogens (tertiary/aromatic N) is 1. The van der Waals surface area contributed by atoms with Crippen molar-refractivity contribution in [3.05, 3.63) is 42.0 Å². The molecular formula is C15H12N2. The standard InChI is InChI=1S/C15H12N2/c1-2-6-14-10(4-1)11-7-8-13-12(15(11)17-14)5-3-9-16-13/h1-2,4,6-9,17H,3,5H2. The Morgan fingerprint density at radius 2 is 1.94 bits per heavy atom. The number of aliphatic imine (C=N–C) groups is 1. The number of hydrogen-bond acceptors (Lipinski definition) is 1. The van der Waals surface area contributed by atoms with Gasteiger partial charge in [-0.15, -0.1) is 0 Å². The third kappa shape index (κ3) is 1.18. The topological polar surface area (TPSA) is 28.1 Å². The van der Waals surface area contributed by atoms with Crippen molar-refractivity contribution in [1.82, 2.24) is 4.98 Å². The van der Waals surface area contributed by atoms with Gasteiger partial charge in [-0.05, 0) is 25.0 Å². The summed E-state index contributed by atoms with van der Waals surface area (Å²) in [5.74, 6) is 0. The van der Waals surface area contributed by atoms with Gasteiger partial charge < -0.3 is 4.98 Å². The highest BCUT2D eigenvalue weighted by molar-refractivity contribution is 6.09. The van der Waals surface area contributed by atoms with Gasteiger partial charge in [0.05, 0.1) is 11.2 Å². The summed E-state index contributed by atoms with van der Waals surface area (Å²) in [5, 5.41) is 2.62. The van der Waals surface area contributed by atoms with Crippen molar-refractivity contribution in [2.45, 2.75) is 12.8 Å². The molecule has 0 fully saturated rings. The zero-order valence-corrected chi connectivity index (χ0v) is 9.40. The molecule has 4 rings (SSSR count). The Hall–Kier alpha value is -2.09. The van der Waals surface area contributed by atoms with Gasteiger partial charge in [-0.2, -0.15) is 0 Å². The lowest BCUT2D eigenvalue weighted by Crippen LogP contribution is -1.94. The van der Waals surface area contributed by atoms with Crippen LogP contribution in [0.25, 0.3) is 21.8 Å². The van der Waals surface area contributed by atoms with Gasteiger partial charge in [-0.25, -0.2) is 0 Å². The van der Waals surface area contributed by atoms with Gasteiger partial charge in [0.15, 0.2) is 0 Å². The summed E-state index contributed by atoms with van der Waals surface area (Å²) in [6, 6.07) is 12.8. The monoisotopic (exact) mass is 220 g/mol. The van der Waals surface area contributed by atoms with Crippen LogP contribution in [0, 0.1) is 0 Å². The molecule has 17 heavy (non-hydrogen) atoms. The number of aromatic nitrogens is 1. The van der Waals surface area contributed by atoms with Gasteiger partial charge in [0.25, 0.3) is 0 Å². The summed E-state index contributed by atoms with van der Waals surface area (Å²) in [6.45, 7) is 0. The first-order valence-electron chi connectivity index (χ1n) is 5.98. The van der Waals surface area contributed by atoms with E-state index < -0.39 is 0 Å². The van der Waals surface area contributed by atoms with Gasteiger partial charge >= 0.3 is 0 Å². The molecule has 2 aromatic carbocycles. The SMILES string of the molecule is C1=Nc2ccc3c([nH]c4ccccc43)c2CC1. The summed E-state index contributed by atoms with van der Waals surface area (Å²) in [7, 11) is 0. The Morgan fingerprint density at radius 1 is 1.00 bits per heavy atom. The predicted molar refractivity (Wildman–Crippen MR) is 72.3 cm³/mol. The van der Waals surface area contributed by atoms with Crippen molar-refractivity contribution in [1.29, 1.82) is 0 Å². The van der Waals surface area contributed by atoms with E-state index in [0.29, 0.717) is 0 Å². The Kier molecular flexibility index (Phi) is 1.69. The molecule has 0 amide bonds. The summed E-state index contributed by atoms with van der Waals surface area (Å²) in [6.07, 6.45) is 4.14. The van der Waals surface area contributed by atoms with Crippen molar-refractivity contribution < 1.29 is 0 Å². The minimum atomic E-state index is 1.04. The lowest BCUT2D eigenvalue weighted by Gasteiger charge is -2.10. The van der Waals surface area contributed by atoms with Crippen LogP contribution < -0.4 is 0 Å². The minimum Gasteiger partial charge on any atom is -0.354 e. The lowest BCUT2D eigenvalue weighted by molar-refractivity contribution is 1.04. The number of nitrogens with one attached hydrogen (secondary N) is 1. The molecule has 0 aliphatic carbocycles. The largest absolute Gasteiger partial charge is 0.354 e. The second-order valence-corrected chi connectivity index (χ2v) is 4.51. The summed E-state index contributed by atoms with van der Waals surface area (Å²) < 4.78 is 0. The fourth-order valence-corrected chi connectivity index (χ4v) is 2.71. The van der Waals surface area contributed by atoms with E-state index in [1.54, 1.807) is 0 Å². The molecule has 2 heterocycles. The molecule has 1 N–H and O–H groups in total. The summed E-state index contributed by atoms with van der Waals surface area (Å²) in [5.41, 5.74) is 4.96. The zero-order valence-electron chi connectivity index (χ0n) is 9.40. The van der Waals surface area contributed by atoms with E-state index >= 15 is 0 Å². The maximum Gasteiger partial charge on any atom is 0.0678 e. The number of para-hydroxylation sites is 1. The number of fused-ring (bicyclic) bond motifs is 5. The lowest BCUT2D eigenvalue weighted by atomic mass is 10.0. The van der Waals surface area contributed by atoms with Gasteiger partial charge in [-0.3, -0.25) is 4.99 Å². The van der Waals surface area contributed by atoms with Crippen LogP contribution in [0.5, 0.6) is 0 Å². The van der Waals surface area contributed by atoms with E-state index in [-0.39, 0.29) is 0 Å². The summed E-state index contributed by atoms with van der Waals surface area (Å²) in [4.78, 5) is 8.00. The number of aryl methyl sites for hydroxylation is 1. The first-order valence-corrected chi connectivity index (χ1v) is 5.98. The molecule has 1 aliphatic heterocycles. The van der Waals surface area contributed by atoms with Gasteiger partial charge in [0, 0.05) is 28.1 Å². The fraction of sp³-hybridized carbons (Fsp3) is 0.133. The third-order valence-electron chi connectivity index (χ3n) is 3.52. The van der Waals surface area contributed by atoms with Crippen molar-refractivity contribution in [3.8, 4) is 0 Å². The second-order valence-electron chi connectivity index (χ2n) is 4.51. The molecule has 82 valence electrons. The first-order chi connectivity index (χ1) is 8.43. The second kappa shape index (κ2) is 3.20. The van der Waals surface area contributed by atoms with Crippen LogP contribution in [0.3, 0.4) is 0 Å². The average molecular weight is 220 g/mol. The van der Waals surface area contributed by atoms with Gasteiger partial charge in [0.2, 0.25) is 0 Å². The number of H-pyrrole nitrogens is 1. The van der Waals surface area contributed by atoms with Gasteiger partial charge in [-0.1, -0.05) is 24.3 Å². The predicted octanol–water partition coefficient (Wildman–Crippen LogP) is 3.97. The van der Waals surface area contributed by atoms with E-state index in [1.807, 2.05) is 6.21 Å². The smallest absolute Gasteiger partial charge is 0.0678 e. The number of rotatable bonds is 0. The Balaban J connectivity index is 2.21. The van der Waals surface area contributed by atoms with Crippen molar-refractivity contribution >= 4 is 33.7 Å². The number of hydrogen-bond donors (Lipinski definition) is 1. The van der Waals surface area contributed by atoms with Crippen molar-refractivity contribution in [2.75, 3.05) is 0 Å². The molecule has 1 aliphatic rings. The minimum absolute atomic E-state index is 1.04. The van der Waals surface area contributed by atoms with Crippen LogP contribution >= 0.6 is 0 Å². The van der Waals surface area contributed by atoms with E-state index in [9.17, 15) is 0 Å². The van der Waals surface area contributed by atoms with Crippen molar-refractivity contribution in [3.63, 3.8) is 0 Å². The Bertz CT molecular complexity index is 750. The molecule has 1 aromatic heterocycles. The van der Waals surface area contributed by atoms with E-state index in [4.69, 9.17) is 0 Å². The van der Waals surface area contributed by atoms with Crippen LogP contribution in [-0.2, 0) is 6.42 Å². The van der Waals surface area contributed by atoms with E-state index in [2.05, 4.69) is 46.4 Å². The molecular weight excluding hydrogens is 208 g/mol. The quantitative estimate of drug-likeness (QED) is 0.594. The summed E-state index contributed by atoms with van der Waals surface area (Å²) >= 11 is 0. The maximum atomic E-state index is 4.47.